The molecule has 2 rings (SSSR count). The van der Waals surface area contributed by atoms with Crippen molar-refractivity contribution in [1.82, 2.24) is 4.90 Å². The van der Waals surface area contributed by atoms with Crippen molar-refractivity contribution in [1.29, 1.82) is 0 Å². The molecule has 1 aromatic heterocycles. The summed E-state index contributed by atoms with van der Waals surface area (Å²) in [6.45, 7) is 3.30. The second-order valence-corrected chi connectivity index (χ2v) is 6.69. The van der Waals surface area contributed by atoms with Gasteiger partial charge in [-0.05, 0) is 53.2 Å². The van der Waals surface area contributed by atoms with Gasteiger partial charge in [0.2, 0.25) is 0 Å². The first kappa shape index (κ1) is 14.5. The zero-order valence-corrected chi connectivity index (χ0v) is 13.2. The molecule has 1 atom stereocenters. The normalized spacial score (nSPS) is 17.3. The van der Waals surface area contributed by atoms with Gasteiger partial charge in [-0.25, -0.2) is 0 Å². The summed E-state index contributed by atoms with van der Waals surface area (Å²) in [6.07, 6.45) is 2.70. The molecule has 0 aliphatic heterocycles. The number of nitrogens with zero attached hydrogens (tertiary/aromatic N) is 1. The van der Waals surface area contributed by atoms with Gasteiger partial charge in [-0.2, -0.15) is 0 Å². The predicted molar refractivity (Wildman–Crippen MR) is 80.0 cm³/mol. The third kappa shape index (κ3) is 4.03. The summed E-state index contributed by atoms with van der Waals surface area (Å²) in [5.74, 6) is 0.840. The number of likely N-dealkylation sites (N-methyl/N-ethyl adjacent to an activating group) is 1. The highest BCUT2D eigenvalue weighted by molar-refractivity contribution is 9.10. The van der Waals surface area contributed by atoms with Crippen LogP contribution in [0.25, 0.3) is 0 Å². The fourth-order valence-corrected chi connectivity index (χ4v) is 3.75. The van der Waals surface area contributed by atoms with Crippen LogP contribution in [0, 0.1) is 5.92 Å². The van der Waals surface area contributed by atoms with Crippen LogP contribution in [0.1, 0.15) is 23.8 Å². The van der Waals surface area contributed by atoms with E-state index in [0.717, 1.165) is 30.1 Å². The molecule has 0 saturated heterocycles. The summed E-state index contributed by atoms with van der Waals surface area (Å²) in [4.78, 5) is 3.59. The lowest BCUT2D eigenvalue weighted by atomic mass is 10.2. The Labute approximate surface area is 121 Å². The topological polar surface area (TPSA) is 38.5 Å². The Kier molecular flexibility index (Phi) is 5.63. The van der Waals surface area contributed by atoms with Gasteiger partial charge >= 0.3 is 0 Å². The van der Waals surface area contributed by atoms with Crippen molar-refractivity contribution in [3.63, 3.8) is 0 Å². The van der Waals surface area contributed by atoms with Crippen molar-refractivity contribution in [3.8, 4) is 0 Å². The third-order valence-corrected chi connectivity index (χ3v) is 5.31. The number of ether oxygens (including phenoxy) is 1. The molecule has 0 bridgehead atoms. The van der Waals surface area contributed by atoms with E-state index in [2.05, 4.69) is 39.3 Å². The van der Waals surface area contributed by atoms with Crippen LogP contribution in [-0.2, 0) is 4.74 Å². The molecule has 102 valence electrons. The van der Waals surface area contributed by atoms with E-state index in [1.807, 2.05) is 0 Å². The molecule has 1 unspecified atom stereocenters. The van der Waals surface area contributed by atoms with Crippen LogP contribution in [0.4, 0.5) is 0 Å². The van der Waals surface area contributed by atoms with Crippen molar-refractivity contribution >= 4 is 27.3 Å². The Morgan fingerprint density at radius 2 is 2.39 bits per heavy atom. The molecule has 5 heteroatoms. The third-order valence-electron chi connectivity index (χ3n) is 3.34. The van der Waals surface area contributed by atoms with Crippen LogP contribution < -0.4 is 5.73 Å². The number of hydrogen-bond donors (Lipinski definition) is 1. The van der Waals surface area contributed by atoms with Gasteiger partial charge in [0.25, 0.3) is 0 Å². The Morgan fingerprint density at radius 3 is 2.94 bits per heavy atom. The minimum absolute atomic E-state index is 0.281. The average molecular weight is 333 g/mol. The van der Waals surface area contributed by atoms with E-state index in [4.69, 9.17) is 10.5 Å². The highest BCUT2D eigenvalue weighted by atomic mass is 79.9. The Hall–Kier alpha value is 0.0600. The molecule has 1 aromatic rings. The lowest BCUT2D eigenvalue weighted by Crippen LogP contribution is -2.32. The maximum absolute atomic E-state index is 5.90. The van der Waals surface area contributed by atoms with Gasteiger partial charge < -0.3 is 10.5 Å². The lowest BCUT2D eigenvalue weighted by Gasteiger charge is -2.26. The molecule has 0 spiro atoms. The average Bonchev–Trinajstić information content (AvgIpc) is 3.09. The smallest absolute Gasteiger partial charge is 0.0593 e. The van der Waals surface area contributed by atoms with E-state index in [0.29, 0.717) is 6.54 Å². The molecule has 1 aliphatic rings. The molecule has 1 saturated carbocycles. The zero-order chi connectivity index (χ0) is 13.0. The maximum atomic E-state index is 5.90. The predicted octanol–water partition coefficient (Wildman–Crippen LogP) is 2.87. The molecular weight excluding hydrogens is 312 g/mol. The summed E-state index contributed by atoms with van der Waals surface area (Å²) in [6, 6.07) is 2.36. The Bertz CT molecular complexity index is 368. The van der Waals surface area contributed by atoms with Gasteiger partial charge in [-0.3, -0.25) is 4.90 Å². The van der Waals surface area contributed by atoms with Gasteiger partial charge in [-0.15, -0.1) is 11.3 Å². The van der Waals surface area contributed by atoms with Crippen molar-refractivity contribution < 1.29 is 4.74 Å². The van der Waals surface area contributed by atoms with Crippen LogP contribution in [0.5, 0.6) is 0 Å². The van der Waals surface area contributed by atoms with Crippen molar-refractivity contribution in [2.45, 2.75) is 18.9 Å². The van der Waals surface area contributed by atoms with Gasteiger partial charge in [0.1, 0.15) is 0 Å². The Balaban J connectivity index is 1.77. The van der Waals surface area contributed by atoms with E-state index < -0.39 is 0 Å². The number of thiophene rings is 1. The van der Waals surface area contributed by atoms with Crippen molar-refractivity contribution in [2.24, 2.45) is 11.7 Å². The quantitative estimate of drug-likeness (QED) is 0.744. The minimum Gasteiger partial charge on any atom is -0.380 e. The SMILES string of the molecule is CN(CCOCC1CC1)C(CN)c1sccc1Br. The Morgan fingerprint density at radius 1 is 1.61 bits per heavy atom. The van der Waals surface area contributed by atoms with E-state index >= 15 is 0 Å². The second-order valence-electron chi connectivity index (χ2n) is 4.88. The van der Waals surface area contributed by atoms with Gasteiger partial charge in [-0.1, -0.05) is 0 Å². The van der Waals surface area contributed by atoms with E-state index in [1.54, 1.807) is 11.3 Å². The summed E-state index contributed by atoms with van der Waals surface area (Å²) >= 11 is 5.34. The van der Waals surface area contributed by atoms with E-state index in [9.17, 15) is 0 Å². The number of rotatable bonds is 8. The van der Waals surface area contributed by atoms with Crippen LogP contribution in [-0.4, -0.2) is 38.3 Å². The largest absolute Gasteiger partial charge is 0.380 e. The fourth-order valence-electron chi connectivity index (χ4n) is 1.93. The molecule has 1 fully saturated rings. The molecule has 1 heterocycles. The summed E-state index contributed by atoms with van der Waals surface area (Å²) in [5, 5.41) is 2.10. The standard InChI is InChI=1S/C13H21BrN2OS/c1-16(5-6-17-9-10-2-3-10)12(8-15)13-11(14)4-7-18-13/h4,7,10,12H,2-3,5-6,8-9,15H2,1H3. The summed E-state index contributed by atoms with van der Waals surface area (Å²) < 4.78 is 6.84. The molecule has 18 heavy (non-hydrogen) atoms. The highest BCUT2D eigenvalue weighted by Crippen LogP contribution is 2.31. The lowest BCUT2D eigenvalue weighted by molar-refractivity contribution is 0.0926. The first-order chi connectivity index (χ1) is 8.72. The number of nitrogens with two attached hydrogens (primary N) is 1. The highest BCUT2D eigenvalue weighted by Gasteiger charge is 2.22. The van der Waals surface area contributed by atoms with E-state index in [-0.39, 0.29) is 6.04 Å². The molecule has 0 aromatic carbocycles. The molecule has 3 nitrogen and oxygen atoms in total. The van der Waals surface area contributed by atoms with Crippen molar-refractivity contribution in [3.05, 3.63) is 20.8 Å². The molecular formula is C13H21BrN2OS. The summed E-state index contributed by atoms with van der Waals surface area (Å²) in [7, 11) is 2.12. The second kappa shape index (κ2) is 7.01. The van der Waals surface area contributed by atoms with Crippen LogP contribution >= 0.6 is 27.3 Å². The zero-order valence-electron chi connectivity index (χ0n) is 10.8. The first-order valence-electron chi connectivity index (χ1n) is 6.43. The monoisotopic (exact) mass is 332 g/mol. The van der Waals surface area contributed by atoms with Crippen molar-refractivity contribution in [2.75, 3.05) is 33.4 Å². The number of halogens is 1. The van der Waals surface area contributed by atoms with Crippen LogP contribution in [0.15, 0.2) is 15.9 Å². The van der Waals surface area contributed by atoms with Crippen LogP contribution in [0.2, 0.25) is 0 Å². The summed E-state index contributed by atoms with van der Waals surface area (Å²) in [5.41, 5.74) is 5.90. The molecule has 0 amide bonds. The first-order valence-corrected chi connectivity index (χ1v) is 8.10. The van der Waals surface area contributed by atoms with Crippen LogP contribution in [0.3, 0.4) is 0 Å². The van der Waals surface area contributed by atoms with Gasteiger partial charge in [0, 0.05) is 29.0 Å². The van der Waals surface area contributed by atoms with E-state index in [1.165, 1.54) is 17.7 Å². The number of hydrogen-bond acceptors (Lipinski definition) is 4. The van der Waals surface area contributed by atoms with Gasteiger partial charge in [0.05, 0.1) is 12.6 Å². The van der Waals surface area contributed by atoms with Gasteiger partial charge in [0.15, 0.2) is 0 Å². The molecule has 2 N–H and O–H groups in total. The maximum Gasteiger partial charge on any atom is 0.0593 e. The fraction of sp³-hybridized carbons (Fsp3) is 0.692. The molecule has 0 radical (unpaired) electrons. The minimum atomic E-state index is 0.281. The molecule has 1 aliphatic carbocycles.